The molecule has 0 spiro atoms. The predicted octanol–water partition coefficient (Wildman–Crippen LogP) is 2.29. The molecule has 26 heavy (non-hydrogen) atoms. The van der Waals surface area contributed by atoms with Gasteiger partial charge in [0.05, 0.1) is 4.90 Å². The van der Waals surface area contributed by atoms with Gasteiger partial charge in [-0.2, -0.15) is 0 Å². The van der Waals surface area contributed by atoms with E-state index in [1.165, 1.54) is 50.3 Å². The monoisotopic (exact) mass is 384 g/mol. The van der Waals surface area contributed by atoms with Gasteiger partial charge in [-0.15, -0.1) is 0 Å². The fraction of sp³-hybridized carbons (Fsp3) is 0.400. The van der Waals surface area contributed by atoms with Crippen molar-refractivity contribution >= 4 is 10.1 Å². The molecule has 0 fully saturated rings. The molecular formula is C20H25NaO4S. The number of para-hydroxylation sites is 1. The summed E-state index contributed by atoms with van der Waals surface area (Å²) in [5.74, 6) is 0.605. The van der Waals surface area contributed by atoms with Gasteiger partial charge in [-0.3, -0.25) is 0 Å². The number of ether oxygens (including phenoxy) is 1. The molecule has 0 bridgehead atoms. The maximum Gasteiger partial charge on any atom is 1.00 e. The molecule has 0 aliphatic heterocycles. The molecule has 0 saturated carbocycles. The maximum absolute atomic E-state index is 11.3. The van der Waals surface area contributed by atoms with E-state index in [1.54, 1.807) is 12.1 Å². The van der Waals surface area contributed by atoms with Crippen LogP contribution in [0.25, 0.3) is 0 Å². The smallest absolute Gasteiger partial charge is 0.744 e. The second-order valence-corrected chi connectivity index (χ2v) is 7.52. The molecule has 136 valence electrons. The largest absolute Gasteiger partial charge is 1.00 e. The third kappa shape index (κ3) is 7.80. The van der Waals surface area contributed by atoms with Crippen LogP contribution in [0.15, 0.2) is 53.4 Å². The van der Waals surface area contributed by atoms with Crippen LogP contribution in [-0.4, -0.2) is 13.0 Å². The van der Waals surface area contributed by atoms with E-state index in [9.17, 15) is 13.0 Å². The Morgan fingerprint density at radius 2 is 1.62 bits per heavy atom. The van der Waals surface area contributed by atoms with Crippen molar-refractivity contribution < 1.29 is 47.3 Å². The Kier molecular flexibility index (Phi) is 10.5. The van der Waals surface area contributed by atoms with Crippen LogP contribution in [0.1, 0.15) is 51.0 Å². The SMILES string of the molecule is CCCCCCCCc1cccc(Oc2ccccc2S(=O)(=O)[O-])c1.[Na+]. The van der Waals surface area contributed by atoms with Crippen molar-refractivity contribution in [2.24, 2.45) is 0 Å². The Labute approximate surface area is 179 Å². The third-order valence-electron chi connectivity index (χ3n) is 4.06. The number of hydrogen-bond donors (Lipinski definition) is 0. The van der Waals surface area contributed by atoms with Gasteiger partial charge in [0.1, 0.15) is 21.6 Å². The minimum Gasteiger partial charge on any atom is -0.744 e. The van der Waals surface area contributed by atoms with E-state index >= 15 is 0 Å². The van der Waals surface area contributed by atoms with Crippen molar-refractivity contribution in [2.45, 2.75) is 56.8 Å². The molecule has 2 aromatic carbocycles. The van der Waals surface area contributed by atoms with E-state index in [0.717, 1.165) is 18.4 Å². The van der Waals surface area contributed by atoms with Crippen LogP contribution in [0.4, 0.5) is 0 Å². The zero-order valence-corrected chi connectivity index (χ0v) is 18.4. The zero-order chi connectivity index (χ0) is 18.1. The van der Waals surface area contributed by atoms with Crippen molar-refractivity contribution in [1.29, 1.82) is 0 Å². The topological polar surface area (TPSA) is 66.4 Å². The van der Waals surface area contributed by atoms with Crippen LogP contribution in [0.2, 0.25) is 0 Å². The van der Waals surface area contributed by atoms with Crippen molar-refractivity contribution in [3.63, 3.8) is 0 Å². The van der Waals surface area contributed by atoms with Gasteiger partial charge < -0.3 is 9.29 Å². The van der Waals surface area contributed by atoms with Gasteiger partial charge in [0.15, 0.2) is 0 Å². The molecule has 0 saturated heterocycles. The van der Waals surface area contributed by atoms with Gasteiger partial charge in [0.2, 0.25) is 0 Å². The first-order valence-electron chi connectivity index (χ1n) is 8.82. The summed E-state index contributed by atoms with van der Waals surface area (Å²) in [6, 6.07) is 13.5. The first kappa shape index (κ1) is 23.2. The second kappa shape index (κ2) is 11.8. The summed E-state index contributed by atoms with van der Waals surface area (Å²) in [5, 5.41) is 0. The van der Waals surface area contributed by atoms with E-state index in [4.69, 9.17) is 4.74 Å². The standard InChI is InChI=1S/C20H26O4S.Na/c1-2-3-4-5-6-7-11-17-12-10-13-18(16-17)24-19-14-8-9-15-20(19)25(21,22)23;/h8-10,12-16H,2-7,11H2,1H3,(H,21,22,23);/q;+1/p-1. The Morgan fingerprint density at radius 1 is 0.923 bits per heavy atom. The second-order valence-electron chi connectivity index (χ2n) is 6.17. The average Bonchev–Trinajstić information content (AvgIpc) is 2.58. The molecule has 0 aromatic heterocycles. The van der Waals surface area contributed by atoms with Gasteiger partial charge in [0, 0.05) is 0 Å². The Morgan fingerprint density at radius 3 is 2.35 bits per heavy atom. The Balaban J connectivity index is 0.00000338. The van der Waals surface area contributed by atoms with Gasteiger partial charge in [0.25, 0.3) is 0 Å². The number of hydrogen-bond acceptors (Lipinski definition) is 4. The van der Waals surface area contributed by atoms with E-state index in [2.05, 4.69) is 6.92 Å². The van der Waals surface area contributed by atoms with Crippen LogP contribution in [0, 0.1) is 0 Å². The zero-order valence-electron chi connectivity index (χ0n) is 15.6. The Hall–Kier alpha value is -0.850. The predicted molar refractivity (Wildman–Crippen MR) is 98.0 cm³/mol. The summed E-state index contributed by atoms with van der Waals surface area (Å²) in [7, 11) is -4.56. The van der Waals surface area contributed by atoms with Crippen molar-refractivity contribution in [3.8, 4) is 11.5 Å². The number of aryl methyl sites for hydroxylation is 1. The van der Waals surface area contributed by atoms with Crippen LogP contribution in [-0.2, 0) is 16.5 Å². The van der Waals surface area contributed by atoms with Crippen LogP contribution in [0.5, 0.6) is 11.5 Å². The van der Waals surface area contributed by atoms with Crippen molar-refractivity contribution in [1.82, 2.24) is 0 Å². The molecule has 0 amide bonds. The van der Waals surface area contributed by atoms with Crippen LogP contribution < -0.4 is 34.3 Å². The molecule has 0 unspecified atom stereocenters. The molecule has 4 nitrogen and oxygen atoms in total. The summed E-state index contributed by atoms with van der Waals surface area (Å²) < 4.78 is 39.6. The van der Waals surface area contributed by atoms with E-state index < -0.39 is 10.1 Å². The number of benzene rings is 2. The summed E-state index contributed by atoms with van der Waals surface area (Å²) in [4.78, 5) is -0.337. The quantitative estimate of drug-likeness (QED) is 0.358. The van der Waals surface area contributed by atoms with Gasteiger partial charge >= 0.3 is 29.6 Å². The van der Waals surface area contributed by atoms with Crippen molar-refractivity contribution in [3.05, 3.63) is 54.1 Å². The van der Waals surface area contributed by atoms with E-state index in [0.29, 0.717) is 5.75 Å². The summed E-state index contributed by atoms with van der Waals surface area (Å²) in [6.07, 6.45) is 8.40. The number of rotatable bonds is 10. The first-order chi connectivity index (χ1) is 12.0. The van der Waals surface area contributed by atoms with E-state index in [-0.39, 0.29) is 40.2 Å². The number of unbranched alkanes of at least 4 members (excludes halogenated alkanes) is 5. The van der Waals surface area contributed by atoms with Crippen molar-refractivity contribution in [2.75, 3.05) is 0 Å². The van der Waals surface area contributed by atoms with Gasteiger partial charge in [-0.05, 0) is 42.7 Å². The molecule has 2 rings (SSSR count). The molecule has 0 N–H and O–H groups in total. The maximum atomic E-state index is 11.3. The molecule has 6 heteroatoms. The molecule has 2 aromatic rings. The fourth-order valence-electron chi connectivity index (χ4n) is 2.74. The molecular weight excluding hydrogens is 359 g/mol. The summed E-state index contributed by atoms with van der Waals surface area (Å²) in [6.45, 7) is 2.21. The molecule has 0 aliphatic rings. The minimum absolute atomic E-state index is 0. The molecule has 0 heterocycles. The fourth-order valence-corrected chi connectivity index (χ4v) is 3.34. The normalized spacial score (nSPS) is 11.0. The molecule has 0 atom stereocenters. The summed E-state index contributed by atoms with van der Waals surface area (Å²) >= 11 is 0. The summed E-state index contributed by atoms with van der Waals surface area (Å²) in [5.41, 5.74) is 1.15. The molecule has 0 radical (unpaired) electrons. The van der Waals surface area contributed by atoms with Gasteiger partial charge in [-0.1, -0.05) is 63.3 Å². The molecule has 0 aliphatic carbocycles. The Bertz CT molecular complexity index is 775. The third-order valence-corrected chi connectivity index (χ3v) is 4.94. The average molecular weight is 384 g/mol. The van der Waals surface area contributed by atoms with Crippen LogP contribution in [0.3, 0.4) is 0 Å². The first-order valence-corrected chi connectivity index (χ1v) is 10.2. The van der Waals surface area contributed by atoms with Gasteiger partial charge in [-0.25, -0.2) is 8.42 Å². The van der Waals surface area contributed by atoms with E-state index in [1.807, 2.05) is 18.2 Å². The minimum atomic E-state index is -4.56. The van der Waals surface area contributed by atoms with Crippen LogP contribution >= 0.6 is 0 Å².